The molecule has 0 aliphatic carbocycles. The van der Waals surface area contributed by atoms with E-state index in [9.17, 15) is 9.18 Å². The summed E-state index contributed by atoms with van der Waals surface area (Å²) in [6.07, 6.45) is 0.800. The maximum atomic E-state index is 13.5. The minimum atomic E-state index is -0.307. The summed E-state index contributed by atoms with van der Waals surface area (Å²) in [5, 5.41) is 4.87. The van der Waals surface area contributed by atoms with Gasteiger partial charge in [0.25, 0.3) is 5.91 Å². The van der Waals surface area contributed by atoms with E-state index in [0.717, 1.165) is 23.4 Å². The molecule has 0 radical (unpaired) electrons. The average Bonchev–Trinajstić information content (AvgIpc) is 3.14. The minimum absolute atomic E-state index is 0.188. The molecule has 0 saturated carbocycles. The van der Waals surface area contributed by atoms with Gasteiger partial charge < -0.3 is 4.90 Å². The fourth-order valence-electron chi connectivity index (χ4n) is 2.63. The lowest BCUT2D eigenvalue weighted by Crippen LogP contribution is -2.33. The normalized spacial score (nSPS) is 11.5. The minimum Gasteiger partial charge on any atom is -0.309 e. The van der Waals surface area contributed by atoms with Crippen molar-refractivity contribution in [1.29, 1.82) is 0 Å². The standard InChI is InChI=1S/C18H22FN5OS/c1-12-10-15(21-23(12)4)17(25)24(9-5-8-22(2)3)18-20-14-7-6-13(19)11-16(14)26-18/h6-7,10-11H,5,8-9H2,1-4H3. The van der Waals surface area contributed by atoms with Crippen molar-refractivity contribution in [3.63, 3.8) is 0 Å². The summed E-state index contributed by atoms with van der Waals surface area (Å²) >= 11 is 1.32. The van der Waals surface area contributed by atoms with Crippen LogP contribution in [0, 0.1) is 12.7 Å². The SMILES string of the molecule is Cc1cc(C(=O)N(CCCN(C)C)c2nc3ccc(F)cc3s2)nn1C. The molecule has 1 aromatic carbocycles. The average molecular weight is 375 g/mol. The van der Waals surface area contributed by atoms with Crippen LogP contribution in [0.2, 0.25) is 0 Å². The number of amides is 1. The molecule has 0 aliphatic heterocycles. The van der Waals surface area contributed by atoms with E-state index in [1.165, 1.54) is 23.5 Å². The van der Waals surface area contributed by atoms with E-state index in [-0.39, 0.29) is 11.7 Å². The zero-order valence-corrected chi connectivity index (χ0v) is 16.2. The van der Waals surface area contributed by atoms with Crippen LogP contribution in [0.3, 0.4) is 0 Å². The van der Waals surface area contributed by atoms with Gasteiger partial charge in [0.05, 0.1) is 10.2 Å². The maximum Gasteiger partial charge on any atom is 0.280 e. The Labute approximate surface area is 155 Å². The lowest BCUT2D eigenvalue weighted by Gasteiger charge is -2.20. The highest BCUT2D eigenvalue weighted by atomic mass is 32.1. The Morgan fingerprint density at radius 1 is 1.27 bits per heavy atom. The molecule has 138 valence electrons. The van der Waals surface area contributed by atoms with Crippen LogP contribution in [0.25, 0.3) is 10.2 Å². The quantitative estimate of drug-likeness (QED) is 0.664. The van der Waals surface area contributed by atoms with Gasteiger partial charge in [0.15, 0.2) is 10.8 Å². The summed E-state index contributed by atoms with van der Waals surface area (Å²) < 4.78 is 15.9. The van der Waals surface area contributed by atoms with E-state index >= 15 is 0 Å². The van der Waals surface area contributed by atoms with Crippen LogP contribution in [-0.4, -0.2) is 52.8 Å². The van der Waals surface area contributed by atoms with Gasteiger partial charge in [-0.05, 0) is 58.3 Å². The van der Waals surface area contributed by atoms with Crippen LogP contribution in [-0.2, 0) is 7.05 Å². The van der Waals surface area contributed by atoms with Crippen molar-refractivity contribution in [3.8, 4) is 0 Å². The molecule has 3 aromatic rings. The first kappa shape index (κ1) is 18.5. The monoisotopic (exact) mass is 375 g/mol. The zero-order valence-electron chi connectivity index (χ0n) is 15.4. The third kappa shape index (κ3) is 3.91. The Morgan fingerprint density at radius 3 is 2.69 bits per heavy atom. The van der Waals surface area contributed by atoms with E-state index in [1.807, 2.05) is 28.1 Å². The Hall–Kier alpha value is -2.32. The van der Waals surface area contributed by atoms with Gasteiger partial charge in [-0.3, -0.25) is 14.4 Å². The van der Waals surface area contributed by atoms with Crippen molar-refractivity contribution >= 4 is 32.6 Å². The number of carbonyl (C=O) groups is 1. The van der Waals surface area contributed by atoms with Crippen molar-refractivity contribution in [2.24, 2.45) is 7.05 Å². The number of nitrogens with zero attached hydrogens (tertiary/aromatic N) is 5. The zero-order chi connectivity index (χ0) is 18.8. The van der Waals surface area contributed by atoms with Crippen LogP contribution in [0.15, 0.2) is 24.3 Å². The number of hydrogen-bond donors (Lipinski definition) is 0. The smallest absolute Gasteiger partial charge is 0.280 e. The molecule has 8 heteroatoms. The maximum absolute atomic E-state index is 13.5. The first-order valence-corrected chi connectivity index (χ1v) is 9.20. The van der Waals surface area contributed by atoms with Gasteiger partial charge in [-0.1, -0.05) is 11.3 Å². The van der Waals surface area contributed by atoms with Gasteiger partial charge in [-0.2, -0.15) is 5.10 Å². The summed E-state index contributed by atoms with van der Waals surface area (Å²) in [7, 11) is 5.80. The van der Waals surface area contributed by atoms with Crippen LogP contribution < -0.4 is 4.90 Å². The number of thiazole rings is 1. The topological polar surface area (TPSA) is 54.3 Å². The predicted octanol–water partition coefficient (Wildman–Crippen LogP) is 3.08. The third-order valence-corrected chi connectivity index (χ3v) is 5.18. The summed E-state index contributed by atoms with van der Waals surface area (Å²) in [4.78, 5) is 21.3. The molecule has 0 aliphatic rings. The molecular weight excluding hydrogens is 353 g/mol. The molecule has 0 bridgehead atoms. The van der Waals surface area contributed by atoms with Gasteiger partial charge in [-0.25, -0.2) is 9.37 Å². The number of fused-ring (bicyclic) bond motifs is 1. The van der Waals surface area contributed by atoms with E-state index < -0.39 is 0 Å². The van der Waals surface area contributed by atoms with Crippen LogP contribution in [0.4, 0.5) is 9.52 Å². The van der Waals surface area contributed by atoms with Gasteiger partial charge in [0, 0.05) is 19.3 Å². The van der Waals surface area contributed by atoms with Crippen LogP contribution in [0.5, 0.6) is 0 Å². The number of carbonyl (C=O) groups excluding carboxylic acids is 1. The summed E-state index contributed by atoms with van der Waals surface area (Å²) in [6, 6.07) is 6.24. The second-order valence-electron chi connectivity index (χ2n) is 6.52. The molecular formula is C18H22FN5OS. The van der Waals surface area contributed by atoms with Crippen molar-refractivity contribution in [1.82, 2.24) is 19.7 Å². The summed E-state index contributed by atoms with van der Waals surface area (Å²) in [5.74, 6) is -0.495. The lowest BCUT2D eigenvalue weighted by molar-refractivity contribution is 0.0980. The van der Waals surface area contributed by atoms with E-state index in [4.69, 9.17) is 0 Å². The molecule has 6 nitrogen and oxygen atoms in total. The second-order valence-corrected chi connectivity index (χ2v) is 7.53. The molecule has 3 rings (SSSR count). The largest absolute Gasteiger partial charge is 0.309 e. The Balaban J connectivity index is 1.94. The fourth-order valence-corrected chi connectivity index (χ4v) is 3.65. The molecule has 0 fully saturated rings. The first-order chi connectivity index (χ1) is 12.3. The Bertz CT molecular complexity index is 913. The van der Waals surface area contributed by atoms with Crippen LogP contribution >= 0.6 is 11.3 Å². The molecule has 0 atom stereocenters. The molecule has 2 heterocycles. The third-order valence-electron chi connectivity index (χ3n) is 4.14. The number of rotatable bonds is 6. The predicted molar refractivity (Wildman–Crippen MR) is 102 cm³/mol. The lowest BCUT2D eigenvalue weighted by atomic mass is 10.3. The Kier molecular flexibility index (Phi) is 5.33. The molecule has 0 saturated heterocycles. The van der Waals surface area contributed by atoms with Gasteiger partial charge in [0.2, 0.25) is 0 Å². The number of halogens is 1. The van der Waals surface area contributed by atoms with E-state index in [0.29, 0.717) is 22.9 Å². The highest BCUT2D eigenvalue weighted by Crippen LogP contribution is 2.30. The number of benzene rings is 1. The molecule has 0 unspecified atom stereocenters. The number of aromatic nitrogens is 3. The first-order valence-electron chi connectivity index (χ1n) is 8.38. The summed E-state index contributed by atoms with van der Waals surface area (Å²) in [6.45, 7) is 3.28. The van der Waals surface area contributed by atoms with Crippen molar-refractivity contribution in [2.45, 2.75) is 13.3 Å². The van der Waals surface area contributed by atoms with Crippen LogP contribution in [0.1, 0.15) is 22.6 Å². The van der Waals surface area contributed by atoms with E-state index in [1.54, 1.807) is 21.7 Å². The number of anilines is 1. The van der Waals surface area contributed by atoms with Gasteiger partial charge in [-0.15, -0.1) is 0 Å². The van der Waals surface area contributed by atoms with Crippen molar-refractivity contribution < 1.29 is 9.18 Å². The molecule has 0 N–H and O–H groups in total. The second kappa shape index (κ2) is 7.51. The number of aryl methyl sites for hydroxylation is 2. The molecule has 26 heavy (non-hydrogen) atoms. The molecule has 0 spiro atoms. The van der Waals surface area contributed by atoms with Crippen molar-refractivity contribution in [3.05, 3.63) is 41.5 Å². The van der Waals surface area contributed by atoms with Gasteiger partial charge in [0.1, 0.15) is 5.82 Å². The van der Waals surface area contributed by atoms with Gasteiger partial charge >= 0.3 is 0 Å². The van der Waals surface area contributed by atoms with E-state index in [2.05, 4.69) is 15.0 Å². The molecule has 1 amide bonds. The van der Waals surface area contributed by atoms with Crippen molar-refractivity contribution in [2.75, 3.05) is 32.1 Å². The Morgan fingerprint density at radius 2 is 2.04 bits per heavy atom. The number of hydrogen-bond acceptors (Lipinski definition) is 5. The fraction of sp³-hybridized carbons (Fsp3) is 0.389. The highest BCUT2D eigenvalue weighted by Gasteiger charge is 2.23. The highest BCUT2D eigenvalue weighted by molar-refractivity contribution is 7.22. The molecule has 2 aromatic heterocycles. The summed E-state index contributed by atoms with van der Waals surface area (Å²) in [5.41, 5.74) is 1.99.